The van der Waals surface area contributed by atoms with E-state index in [-0.39, 0.29) is 29.7 Å². The van der Waals surface area contributed by atoms with Crippen LogP contribution in [0.2, 0.25) is 0 Å². The van der Waals surface area contributed by atoms with Gasteiger partial charge in [-0.05, 0) is 50.5 Å². The van der Waals surface area contributed by atoms with Crippen molar-refractivity contribution in [2.75, 3.05) is 6.61 Å². The minimum Gasteiger partial charge on any atom is -0.494 e. The van der Waals surface area contributed by atoms with Gasteiger partial charge in [0, 0.05) is 23.9 Å². The van der Waals surface area contributed by atoms with Crippen LogP contribution in [-0.2, 0) is 9.59 Å². The highest BCUT2D eigenvalue weighted by atomic mass is 16.5. The quantitative estimate of drug-likeness (QED) is 0.423. The Morgan fingerprint density at radius 2 is 1.89 bits per heavy atom. The fraction of sp³-hybridized carbons (Fsp3) is 0.571. The summed E-state index contributed by atoms with van der Waals surface area (Å²) in [5.41, 5.74) is 4.93. The molecular formula is C21H31N3O4. The number of unbranched alkanes of at least 4 members (excludes halogenated alkanes) is 3. The minimum absolute atomic E-state index is 0.0181. The van der Waals surface area contributed by atoms with Crippen molar-refractivity contribution in [2.24, 2.45) is 0 Å². The Morgan fingerprint density at radius 3 is 2.54 bits per heavy atom. The van der Waals surface area contributed by atoms with E-state index in [1.807, 2.05) is 6.92 Å². The van der Waals surface area contributed by atoms with E-state index in [1.54, 1.807) is 24.3 Å². The first-order valence-electron chi connectivity index (χ1n) is 10.0. The molecule has 1 saturated heterocycles. The van der Waals surface area contributed by atoms with Crippen LogP contribution in [0.4, 0.5) is 0 Å². The van der Waals surface area contributed by atoms with Crippen molar-refractivity contribution in [3.63, 3.8) is 0 Å². The molecule has 0 saturated carbocycles. The molecule has 154 valence electrons. The molecule has 0 aliphatic carbocycles. The summed E-state index contributed by atoms with van der Waals surface area (Å²) >= 11 is 0. The van der Waals surface area contributed by atoms with Crippen LogP contribution in [0.15, 0.2) is 24.3 Å². The number of rotatable bonds is 10. The van der Waals surface area contributed by atoms with Crippen LogP contribution in [0.3, 0.4) is 0 Å². The molecule has 1 aromatic carbocycles. The number of hydrazine groups is 1. The second kappa shape index (κ2) is 10.7. The third-order valence-electron chi connectivity index (χ3n) is 4.95. The lowest BCUT2D eigenvalue weighted by Gasteiger charge is -2.23. The summed E-state index contributed by atoms with van der Waals surface area (Å²) in [7, 11) is 0. The van der Waals surface area contributed by atoms with Gasteiger partial charge in [-0.25, -0.2) is 0 Å². The van der Waals surface area contributed by atoms with Crippen molar-refractivity contribution >= 4 is 17.7 Å². The van der Waals surface area contributed by atoms with E-state index in [1.165, 1.54) is 12.8 Å². The molecule has 0 bridgehead atoms. The highest BCUT2D eigenvalue weighted by molar-refractivity contribution is 5.95. The van der Waals surface area contributed by atoms with Gasteiger partial charge in [0.25, 0.3) is 5.91 Å². The fourth-order valence-corrected chi connectivity index (χ4v) is 3.11. The maximum Gasteiger partial charge on any atom is 0.269 e. The van der Waals surface area contributed by atoms with Crippen LogP contribution >= 0.6 is 0 Å². The predicted molar refractivity (Wildman–Crippen MR) is 107 cm³/mol. The van der Waals surface area contributed by atoms with Gasteiger partial charge in [0.15, 0.2) is 0 Å². The highest BCUT2D eigenvalue weighted by Gasteiger charge is 2.32. The van der Waals surface area contributed by atoms with Crippen molar-refractivity contribution in [3.8, 4) is 5.75 Å². The number of amides is 3. The average molecular weight is 389 g/mol. The van der Waals surface area contributed by atoms with Gasteiger partial charge in [0.1, 0.15) is 5.75 Å². The Balaban J connectivity index is 1.67. The van der Waals surface area contributed by atoms with E-state index in [0.717, 1.165) is 25.0 Å². The van der Waals surface area contributed by atoms with E-state index in [0.29, 0.717) is 25.0 Å². The molecule has 1 aliphatic heterocycles. The van der Waals surface area contributed by atoms with Gasteiger partial charge in [-0.15, -0.1) is 0 Å². The summed E-state index contributed by atoms with van der Waals surface area (Å²) in [6, 6.07) is 6.83. The van der Waals surface area contributed by atoms with E-state index in [2.05, 4.69) is 23.1 Å². The number of hydrogen-bond acceptors (Lipinski definition) is 4. The van der Waals surface area contributed by atoms with Crippen LogP contribution in [-0.4, -0.2) is 29.9 Å². The molecule has 1 aromatic rings. The summed E-state index contributed by atoms with van der Waals surface area (Å²) in [6.45, 7) is 4.76. The van der Waals surface area contributed by atoms with Gasteiger partial charge < -0.3 is 10.1 Å². The van der Waals surface area contributed by atoms with E-state index in [4.69, 9.17) is 4.74 Å². The van der Waals surface area contributed by atoms with Crippen LogP contribution in [0, 0.1) is 0 Å². The van der Waals surface area contributed by atoms with Gasteiger partial charge in [-0.3, -0.25) is 25.2 Å². The summed E-state index contributed by atoms with van der Waals surface area (Å²) in [4.78, 5) is 35.4. The molecule has 28 heavy (non-hydrogen) atoms. The van der Waals surface area contributed by atoms with Gasteiger partial charge in [-0.1, -0.05) is 26.2 Å². The SMILES string of the molecule is CCCCCCOc1ccc(C(=O)NNC(=O)CC[C@]2(C)CCC(=O)N2)cc1. The first kappa shape index (κ1) is 21.7. The Bertz CT molecular complexity index is 675. The smallest absolute Gasteiger partial charge is 0.269 e. The Kier molecular flexibility index (Phi) is 8.29. The van der Waals surface area contributed by atoms with E-state index < -0.39 is 0 Å². The molecule has 7 nitrogen and oxygen atoms in total. The highest BCUT2D eigenvalue weighted by Crippen LogP contribution is 2.24. The van der Waals surface area contributed by atoms with Gasteiger partial charge in [0.2, 0.25) is 11.8 Å². The van der Waals surface area contributed by atoms with Gasteiger partial charge in [-0.2, -0.15) is 0 Å². The molecule has 1 heterocycles. The summed E-state index contributed by atoms with van der Waals surface area (Å²) in [5, 5.41) is 2.89. The second-order valence-corrected chi connectivity index (χ2v) is 7.54. The minimum atomic E-state index is -0.386. The van der Waals surface area contributed by atoms with Crippen LogP contribution in [0.5, 0.6) is 5.75 Å². The third kappa shape index (κ3) is 7.21. The molecule has 0 spiro atoms. The standard InChI is InChI=1S/C21H31N3O4/c1-3-4-5-6-15-28-17-9-7-16(8-10-17)20(27)24-23-19(26)12-14-21(2)13-11-18(25)22-21/h7-10H,3-6,11-15H2,1-2H3,(H,22,25)(H,23,26)(H,24,27)/t21-/m0/s1. The molecule has 0 aromatic heterocycles. The number of carbonyl (C=O) groups is 3. The van der Waals surface area contributed by atoms with Gasteiger partial charge in [0.05, 0.1) is 6.61 Å². The summed E-state index contributed by atoms with van der Waals surface area (Å²) < 4.78 is 5.65. The van der Waals surface area contributed by atoms with Crippen molar-refractivity contribution in [3.05, 3.63) is 29.8 Å². The first-order valence-corrected chi connectivity index (χ1v) is 10.0. The Labute approximate surface area is 166 Å². The molecule has 1 atom stereocenters. The fourth-order valence-electron chi connectivity index (χ4n) is 3.11. The zero-order valence-electron chi connectivity index (χ0n) is 16.8. The predicted octanol–water partition coefficient (Wildman–Crippen LogP) is 2.86. The van der Waals surface area contributed by atoms with E-state index >= 15 is 0 Å². The normalized spacial score (nSPS) is 18.4. The third-order valence-corrected chi connectivity index (χ3v) is 4.95. The lowest BCUT2D eigenvalue weighted by atomic mass is 9.94. The van der Waals surface area contributed by atoms with E-state index in [9.17, 15) is 14.4 Å². The molecule has 3 N–H and O–H groups in total. The lowest BCUT2D eigenvalue weighted by molar-refractivity contribution is -0.123. The molecule has 1 aliphatic rings. The monoisotopic (exact) mass is 389 g/mol. The Morgan fingerprint density at radius 1 is 1.14 bits per heavy atom. The number of nitrogens with one attached hydrogen (secondary N) is 3. The Hall–Kier alpha value is -2.57. The molecule has 0 unspecified atom stereocenters. The molecule has 2 rings (SSSR count). The first-order chi connectivity index (χ1) is 13.4. The molecule has 3 amide bonds. The van der Waals surface area contributed by atoms with Crippen molar-refractivity contribution in [1.82, 2.24) is 16.2 Å². The average Bonchev–Trinajstić information content (AvgIpc) is 3.04. The number of benzene rings is 1. The molecular weight excluding hydrogens is 358 g/mol. The van der Waals surface area contributed by atoms with Gasteiger partial charge >= 0.3 is 0 Å². The van der Waals surface area contributed by atoms with Crippen LogP contribution in [0.25, 0.3) is 0 Å². The topological polar surface area (TPSA) is 96.5 Å². The van der Waals surface area contributed by atoms with Crippen LogP contribution < -0.4 is 20.9 Å². The lowest BCUT2D eigenvalue weighted by Crippen LogP contribution is -2.44. The summed E-state index contributed by atoms with van der Waals surface area (Å²) in [5.74, 6) is 0.0690. The zero-order chi connectivity index (χ0) is 20.4. The molecule has 0 radical (unpaired) electrons. The summed E-state index contributed by atoms with van der Waals surface area (Å²) in [6.07, 6.45) is 6.55. The second-order valence-electron chi connectivity index (χ2n) is 7.54. The molecule has 1 fully saturated rings. The zero-order valence-corrected chi connectivity index (χ0v) is 16.8. The maximum absolute atomic E-state index is 12.1. The number of ether oxygens (including phenoxy) is 1. The molecule has 7 heteroatoms. The number of hydrogen-bond donors (Lipinski definition) is 3. The number of carbonyl (C=O) groups excluding carboxylic acids is 3. The van der Waals surface area contributed by atoms with Crippen LogP contribution in [0.1, 0.15) is 75.6 Å². The van der Waals surface area contributed by atoms with Crippen molar-refractivity contribution < 1.29 is 19.1 Å². The van der Waals surface area contributed by atoms with Crippen molar-refractivity contribution in [1.29, 1.82) is 0 Å². The maximum atomic E-state index is 12.1. The largest absolute Gasteiger partial charge is 0.494 e. The van der Waals surface area contributed by atoms with Crippen molar-refractivity contribution in [2.45, 2.75) is 70.8 Å².